The van der Waals surface area contributed by atoms with E-state index in [0.29, 0.717) is 55.1 Å². The smallest absolute Gasteiger partial charge is 0.254 e. The van der Waals surface area contributed by atoms with Gasteiger partial charge in [-0.1, -0.05) is 44.5 Å². The highest BCUT2D eigenvalue weighted by Gasteiger charge is 2.38. The molecule has 2 aromatic rings. The van der Waals surface area contributed by atoms with E-state index in [1.165, 1.54) is 0 Å². The van der Waals surface area contributed by atoms with Crippen LogP contribution in [0, 0.1) is 0 Å². The van der Waals surface area contributed by atoms with Crippen molar-refractivity contribution in [3.63, 3.8) is 0 Å². The van der Waals surface area contributed by atoms with Gasteiger partial charge >= 0.3 is 0 Å². The quantitative estimate of drug-likeness (QED) is 0.346. The van der Waals surface area contributed by atoms with Crippen molar-refractivity contribution in [2.45, 2.75) is 90.6 Å². The zero-order valence-electron chi connectivity index (χ0n) is 26.3. The van der Waals surface area contributed by atoms with Crippen molar-refractivity contribution >= 4 is 37.7 Å². The molecule has 9 nitrogen and oxygen atoms in total. The summed E-state index contributed by atoms with van der Waals surface area (Å²) in [6, 6.07) is 5.91. The number of hydrogen-bond donors (Lipinski definition) is 1. The molecule has 1 aromatic heterocycles. The molecule has 0 aliphatic carbocycles. The van der Waals surface area contributed by atoms with Crippen LogP contribution in [-0.4, -0.2) is 84.4 Å². The Morgan fingerprint density at radius 2 is 1.88 bits per heavy atom. The maximum Gasteiger partial charge on any atom is 0.254 e. The SMILES string of the molecule is CC(C)(C)N(CCO[Si](C)(C)C(C)(C)C)C(=O)CN1Cc2ccc(-c3nc(NC4CCOCC4)ncc3Cl)cc2C1=O. The van der Waals surface area contributed by atoms with Gasteiger partial charge in [-0.05, 0) is 63.4 Å². The molecule has 0 spiro atoms. The summed E-state index contributed by atoms with van der Waals surface area (Å²) in [6.45, 7) is 19.8. The Kier molecular flexibility index (Phi) is 9.71. The van der Waals surface area contributed by atoms with Gasteiger partial charge in [0.25, 0.3) is 5.91 Å². The fraction of sp³-hybridized carbons (Fsp3) is 0.613. The van der Waals surface area contributed by atoms with Crippen LogP contribution in [0.3, 0.4) is 0 Å². The van der Waals surface area contributed by atoms with Gasteiger partial charge in [0.05, 0.1) is 23.5 Å². The Morgan fingerprint density at radius 1 is 1.19 bits per heavy atom. The van der Waals surface area contributed by atoms with Crippen LogP contribution >= 0.6 is 11.6 Å². The highest BCUT2D eigenvalue weighted by molar-refractivity contribution is 6.74. The van der Waals surface area contributed by atoms with Crippen molar-refractivity contribution in [3.8, 4) is 11.3 Å². The summed E-state index contributed by atoms with van der Waals surface area (Å²) in [5.41, 5.74) is 2.34. The summed E-state index contributed by atoms with van der Waals surface area (Å²) in [5, 5.41) is 3.88. The molecule has 1 saturated heterocycles. The molecule has 11 heteroatoms. The van der Waals surface area contributed by atoms with Gasteiger partial charge in [-0.2, -0.15) is 0 Å². The predicted molar refractivity (Wildman–Crippen MR) is 169 cm³/mol. The molecule has 42 heavy (non-hydrogen) atoms. The van der Waals surface area contributed by atoms with Crippen LogP contribution in [0.4, 0.5) is 5.95 Å². The average molecular weight is 616 g/mol. The zero-order chi connectivity index (χ0) is 30.9. The number of nitrogens with one attached hydrogen (secondary N) is 1. The second kappa shape index (κ2) is 12.6. The van der Waals surface area contributed by atoms with Crippen molar-refractivity contribution in [2.75, 3.05) is 38.2 Å². The lowest BCUT2D eigenvalue weighted by Gasteiger charge is -2.40. The van der Waals surface area contributed by atoms with E-state index in [-0.39, 0.29) is 29.4 Å². The van der Waals surface area contributed by atoms with Crippen molar-refractivity contribution in [3.05, 3.63) is 40.5 Å². The maximum atomic E-state index is 13.6. The summed E-state index contributed by atoms with van der Waals surface area (Å²) in [5.74, 6) is 0.239. The number of carbonyl (C=O) groups excluding carboxylic acids is 2. The molecule has 0 radical (unpaired) electrons. The first-order valence-corrected chi connectivity index (χ1v) is 18.1. The van der Waals surface area contributed by atoms with E-state index in [0.717, 1.165) is 24.0 Å². The van der Waals surface area contributed by atoms with Crippen molar-refractivity contribution in [1.82, 2.24) is 19.8 Å². The number of anilines is 1. The average Bonchev–Trinajstić information content (AvgIpc) is 3.21. The Hall–Kier alpha value is -2.53. The van der Waals surface area contributed by atoms with Crippen LogP contribution in [0.1, 0.15) is 70.3 Å². The molecular weight excluding hydrogens is 570 g/mol. The topological polar surface area (TPSA) is 96.9 Å². The molecule has 1 fully saturated rings. The summed E-state index contributed by atoms with van der Waals surface area (Å²) in [7, 11) is -1.94. The number of halogens is 1. The van der Waals surface area contributed by atoms with Gasteiger partial charge in [0.2, 0.25) is 11.9 Å². The Morgan fingerprint density at radius 3 is 2.52 bits per heavy atom. The number of rotatable bonds is 9. The largest absolute Gasteiger partial charge is 0.415 e. The third kappa shape index (κ3) is 7.51. The van der Waals surface area contributed by atoms with Gasteiger partial charge in [0.15, 0.2) is 8.32 Å². The minimum absolute atomic E-state index is 0.00758. The van der Waals surface area contributed by atoms with Gasteiger partial charge < -0.3 is 24.3 Å². The first-order valence-electron chi connectivity index (χ1n) is 14.8. The third-order valence-corrected chi connectivity index (χ3v) is 13.4. The lowest BCUT2D eigenvalue weighted by Crippen LogP contribution is -2.52. The van der Waals surface area contributed by atoms with Gasteiger partial charge in [0.1, 0.15) is 6.54 Å². The minimum Gasteiger partial charge on any atom is -0.415 e. The van der Waals surface area contributed by atoms with E-state index in [9.17, 15) is 9.59 Å². The number of carbonyl (C=O) groups is 2. The molecule has 0 saturated carbocycles. The van der Waals surface area contributed by atoms with Crippen molar-refractivity contribution in [1.29, 1.82) is 0 Å². The molecule has 2 amide bonds. The molecule has 1 aromatic carbocycles. The molecule has 2 aliphatic rings. The minimum atomic E-state index is -1.94. The molecule has 230 valence electrons. The molecule has 1 N–H and O–H groups in total. The highest BCUT2D eigenvalue weighted by Crippen LogP contribution is 2.36. The first-order chi connectivity index (χ1) is 19.6. The molecule has 2 aliphatic heterocycles. The van der Waals surface area contributed by atoms with E-state index >= 15 is 0 Å². The summed E-state index contributed by atoms with van der Waals surface area (Å²) in [6.07, 6.45) is 3.36. The Balaban J connectivity index is 1.45. The summed E-state index contributed by atoms with van der Waals surface area (Å²) >= 11 is 6.50. The second-order valence-electron chi connectivity index (χ2n) is 13.8. The highest BCUT2D eigenvalue weighted by atomic mass is 35.5. The summed E-state index contributed by atoms with van der Waals surface area (Å²) in [4.78, 5) is 39.5. The van der Waals surface area contributed by atoms with Gasteiger partial charge in [-0.3, -0.25) is 9.59 Å². The number of hydrogen-bond acceptors (Lipinski definition) is 7. The van der Waals surface area contributed by atoms with Gasteiger partial charge in [0, 0.05) is 49.0 Å². The fourth-order valence-corrected chi connectivity index (χ4v) is 6.23. The molecule has 4 rings (SSSR count). The standard InChI is InChI=1S/C31H46ClN5O4Si/c1-30(2,3)37(13-16-41-42(7,8)31(4,5)6)26(38)20-36-19-22-10-9-21(17-24(22)28(36)39)27-25(32)18-33-29(35-27)34-23-11-14-40-15-12-23/h9-10,17-18,23H,11-16,19-20H2,1-8H3,(H,33,34,35). The summed E-state index contributed by atoms with van der Waals surface area (Å²) < 4.78 is 11.8. The van der Waals surface area contributed by atoms with Crippen molar-refractivity contribution in [2.24, 2.45) is 0 Å². The normalized spacial score (nSPS) is 16.5. The van der Waals surface area contributed by atoms with E-state index in [4.69, 9.17) is 20.8 Å². The predicted octanol–water partition coefficient (Wildman–Crippen LogP) is 5.99. The second-order valence-corrected chi connectivity index (χ2v) is 19.0. The molecule has 0 unspecified atom stereocenters. The number of amides is 2. The number of ether oxygens (including phenoxy) is 1. The number of benzene rings is 1. The fourth-order valence-electron chi connectivity index (χ4n) is 4.99. The Labute approximate surface area is 256 Å². The molecular formula is C31H46ClN5O4Si. The van der Waals surface area contributed by atoms with Crippen LogP contribution < -0.4 is 5.32 Å². The Bertz CT molecular complexity index is 1300. The number of nitrogens with zero attached hydrogens (tertiary/aromatic N) is 4. The molecule has 0 bridgehead atoms. The first kappa shape index (κ1) is 32.4. The third-order valence-electron chi connectivity index (χ3n) is 8.58. The molecule has 0 atom stereocenters. The number of aromatic nitrogens is 2. The van der Waals surface area contributed by atoms with Crippen LogP contribution in [0.25, 0.3) is 11.3 Å². The van der Waals surface area contributed by atoms with E-state index in [1.807, 2.05) is 43.9 Å². The van der Waals surface area contributed by atoms with Crippen LogP contribution in [0.2, 0.25) is 23.2 Å². The van der Waals surface area contributed by atoms with Gasteiger partial charge in [-0.15, -0.1) is 0 Å². The van der Waals surface area contributed by atoms with E-state index < -0.39 is 13.9 Å². The van der Waals surface area contributed by atoms with E-state index in [2.05, 4.69) is 49.1 Å². The van der Waals surface area contributed by atoms with Gasteiger partial charge in [-0.25, -0.2) is 9.97 Å². The lowest BCUT2D eigenvalue weighted by molar-refractivity contribution is -0.137. The number of fused-ring (bicyclic) bond motifs is 1. The maximum absolute atomic E-state index is 13.6. The van der Waals surface area contributed by atoms with Crippen molar-refractivity contribution < 1.29 is 18.8 Å². The van der Waals surface area contributed by atoms with Crippen LogP contribution in [0.15, 0.2) is 24.4 Å². The van der Waals surface area contributed by atoms with Crippen LogP contribution in [0.5, 0.6) is 0 Å². The zero-order valence-corrected chi connectivity index (χ0v) is 28.1. The lowest BCUT2D eigenvalue weighted by atomic mass is 10.0. The monoisotopic (exact) mass is 615 g/mol. The van der Waals surface area contributed by atoms with Crippen LogP contribution in [-0.2, 0) is 20.5 Å². The molecule has 3 heterocycles. The van der Waals surface area contributed by atoms with E-state index in [1.54, 1.807) is 11.1 Å².